The van der Waals surface area contributed by atoms with Crippen LogP contribution < -0.4 is 0 Å². The Morgan fingerprint density at radius 3 is 2.62 bits per heavy atom. The second kappa shape index (κ2) is 4.32. The number of benzene rings is 1. The van der Waals surface area contributed by atoms with E-state index in [9.17, 15) is 4.79 Å². The number of rotatable bonds is 2. The molecule has 0 N–H and O–H groups in total. The maximum Gasteiger partial charge on any atom is 0.287 e. The zero-order valence-electron chi connectivity index (χ0n) is 8.46. The maximum absolute atomic E-state index is 10.9. The molecule has 0 unspecified atom stereocenters. The summed E-state index contributed by atoms with van der Waals surface area (Å²) in [5.41, 5.74) is 1.77. The molecule has 0 fully saturated rings. The standard InChI is InChI=1S/C12H8Cl2O2/c1-7-8(3-2-4-9(7)13)10-5-6-11(16-10)12(14)15/h2-6H,1H3. The van der Waals surface area contributed by atoms with Gasteiger partial charge in [0.1, 0.15) is 5.76 Å². The Balaban J connectivity index is 2.50. The van der Waals surface area contributed by atoms with Gasteiger partial charge in [-0.2, -0.15) is 0 Å². The lowest BCUT2D eigenvalue weighted by Crippen LogP contribution is -1.84. The van der Waals surface area contributed by atoms with Gasteiger partial charge in [0.2, 0.25) is 0 Å². The molecule has 16 heavy (non-hydrogen) atoms. The van der Waals surface area contributed by atoms with Gasteiger partial charge in [-0.3, -0.25) is 4.79 Å². The Labute approximate surface area is 103 Å². The zero-order valence-corrected chi connectivity index (χ0v) is 9.97. The first-order valence-electron chi connectivity index (χ1n) is 4.65. The van der Waals surface area contributed by atoms with Crippen molar-refractivity contribution in [2.75, 3.05) is 0 Å². The van der Waals surface area contributed by atoms with E-state index < -0.39 is 5.24 Å². The fourth-order valence-electron chi connectivity index (χ4n) is 1.46. The van der Waals surface area contributed by atoms with E-state index in [1.807, 2.05) is 19.1 Å². The van der Waals surface area contributed by atoms with E-state index in [4.69, 9.17) is 27.6 Å². The van der Waals surface area contributed by atoms with Crippen LogP contribution in [0.5, 0.6) is 0 Å². The lowest BCUT2D eigenvalue weighted by molar-refractivity contribution is 0.105. The highest BCUT2D eigenvalue weighted by atomic mass is 35.5. The molecular formula is C12H8Cl2O2. The Morgan fingerprint density at radius 2 is 2.00 bits per heavy atom. The molecule has 1 aromatic heterocycles. The number of carbonyl (C=O) groups is 1. The van der Waals surface area contributed by atoms with Crippen LogP contribution in [-0.4, -0.2) is 5.24 Å². The maximum atomic E-state index is 10.9. The summed E-state index contributed by atoms with van der Waals surface area (Å²) >= 11 is 11.3. The number of carbonyl (C=O) groups excluding carboxylic acids is 1. The van der Waals surface area contributed by atoms with Crippen molar-refractivity contribution in [1.29, 1.82) is 0 Å². The third-order valence-electron chi connectivity index (χ3n) is 2.33. The van der Waals surface area contributed by atoms with Gasteiger partial charge in [0.05, 0.1) is 0 Å². The average Bonchev–Trinajstić information content (AvgIpc) is 2.71. The van der Waals surface area contributed by atoms with E-state index in [1.165, 1.54) is 0 Å². The molecule has 1 aromatic carbocycles. The van der Waals surface area contributed by atoms with Gasteiger partial charge in [-0.1, -0.05) is 23.7 Å². The third-order valence-corrected chi connectivity index (χ3v) is 2.93. The molecule has 0 atom stereocenters. The van der Waals surface area contributed by atoms with Crippen LogP contribution in [0, 0.1) is 6.92 Å². The highest BCUT2D eigenvalue weighted by Gasteiger charge is 2.12. The van der Waals surface area contributed by atoms with Crippen molar-refractivity contribution in [2.24, 2.45) is 0 Å². The number of hydrogen-bond acceptors (Lipinski definition) is 2. The van der Waals surface area contributed by atoms with E-state index in [-0.39, 0.29) is 5.76 Å². The van der Waals surface area contributed by atoms with Crippen molar-refractivity contribution in [1.82, 2.24) is 0 Å². The highest BCUT2D eigenvalue weighted by molar-refractivity contribution is 6.67. The third kappa shape index (κ3) is 1.99. The van der Waals surface area contributed by atoms with E-state index in [0.29, 0.717) is 10.8 Å². The summed E-state index contributed by atoms with van der Waals surface area (Å²) in [6.07, 6.45) is 0. The van der Waals surface area contributed by atoms with E-state index >= 15 is 0 Å². The summed E-state index contributed by atoms with van der Waals surface area (Å²) in [6.45, 7) is 1.89. The Kier molecular flexibility index (Phi) is 3.03. The van der Waals surface area contributed by atoms with E-state index in [0.717, 1.165) is 11.1 Å². The molecule has 0 bridgehead atoms. The molecule has 0 aliphatic carbocycles. The Morgan fingerprint density at radius 1 is 1.25 bits per heavy atom. The van der Waals surface area contributed by atoms with E-state index in [1.54, 1.807) is 18.2 Å². The predicted octanol–water partition coefficient (Wildman–Crippen LogP) is 4.29. The van der Waals surface area contributed by atoms with Gasteiger partial charge in [-0.15, -0.1) is 0 Å². The molecule has 0 radical (unpaired) electrons. The average molecular weight is 255 g/mol. The van der Waals surface area contributed by atoms with Crippen molar-refractivity contribution >= 4 is 28.4 Å². The first-order chi connectivity index (χ1) is 7.59. The number of halogens is 2. The van der Waals surface area contributed by atoms with Gasteiger partial charge in [-0.05, 0) is 42.3 Å². The molecular weight excluding hydrogens is 247 g/mol. The highest BCUT2D eigenvalue weighted by Crippen LogP contribution is 2.29. The van der Waals surface area contributed by atoms with Crippen LogP contribution in [0.25, 0.3) is 11.3 Å². The monoisotopic (exact) mass is 254 g/mol. The van der Waals surface area contributed by atoms with E-state index in [2.05, 4.69) is 0 Å². The molecule has 0 aliphatic rings. The van der Waals surface area contributed by atoms with Gasteiger partial charge in [0, 0.05) is 10.6 Å². The van der Waals surface area contributed by atoms with Gasteiger partial charge >= 0.3 is 0 Å². The molecule has 0 amide bonds. The largest absolute Gasteiger partial charge is 0.452 e. The molecule has 0 saturated carbocycles. The number of furan rings is 1. The van der Waals surface area contributed by atoms with Crippen LogP contribution in [0.2, 0.25) is 5.02 Å². The van der Waals surface area contributed by atoms with Crippen LogP contribution in [0.1, 0.15) is 16.1 Å². The van der Waals surface area contributed by atoms with Gasteiger partial charge in [-0.25, -0.2) is 0 Å². The minimum absolute atomic E-state index is 0.135. The molecule has 1 heterocycles. The topological polar surface area (TPSA) is 30.2 Å². The van der Waals surface area contributed by atoms with Crippen LogP contribution >= 0.6 is 23.2 Å². The van der Waals surface area contributed by atoms with Crippen molar-refractivity contribution < 1.29 is 9.21 Å². The van der Waals surface area contributed by atoms with Gasteiger partial charge in [0.15, 0.2) is 5.76 Å². The molecule has 2 nitrogen and oxygen atoms in total. The summed E-state index contributed by atoms with van der Waals surface area (Å²) in [5, 5.41) is 0.0542. The molecule has 2 rings (SSSR count). The molecule has 0 aliphatic heterocycles. The fraction of sp³-hybridized carbons (Fsp3) is 0.0833. The second-order valence-corrected chi connectivity index (χ2v) is 4.10. The lowest BCUT2D eigenvalue weighted by Gasteiger charge is -2.03. The minimum atomic E-state index is -0.606. The van der Waals surface area contributed by atoms with Crippen LogP contribution in [0.4, 0.5) is 0 Å². The SMILES string of the molecule is Cc1c(Cl)cccc1-c1ccc(C(=O)Cl)o1. The fourth-order valence-corrected chi connectivity index (χ4v) is 1.74. The summed E-state index contributed by atoms with van der Waals surface area (Å²) < 4.78 is 5.33. The normalized spacial score (nSPS) is 10.4. The van der Waals surface area contributed by atoms with Crippen molar-refractivity contribution in [3.8, 4) is 11.3 Å². The first kappa shape index (κ1) is 11.2. The summed E-state index contributed by atoms with van der Waals surface area (Å²) in [4.78, 5) is 10.9. The first-order valence-corrected chi connectivity index (χ1v) is 5.40. The predicted molar refractivity (Wildman–Crippen MR) is 64.1 cm³/mol. The molecule has 0 spiro atoms. The second-order valence-electron chi connectivity index (χ2n) is 3.35. The molecule has 82 valence electrons. The van der Waals surface area contributed by atoms with Crippen LogP contribution in [-0.2, 0) is 0 Å². The molecule has 0 saturated heterocycles. The van der Waals surface area contributed by atoms with Crippen LogP contribution in [0.15, 0.2) is 34.7 Å². The minimum Gasteiger partial charge on any atom is -0.452 e. The van der Waals surface area contributed by atoms with Crippen LogP contribution in [0.3, 0.4) is 0 Å². The summed E-state index contributed by atoms with van der Waals surface area (Å²) in [6, 6.07) is 8.76. The zero-order chi connectivity index (χ0) is 11.7. The molecule has 2 aromatic rings. The van der Waals surface area contributed by atoms with Crippen molar-refractivity contribution in [2.45, 2.75) is 6.92 Å². The van der Waals surface area contributed by atoms with Gasteiger partial charge in [0.25, 0.3) is 5.24 Å². The molecule has 4 heteroatoms. The number of hydrogen-bond donors (Lipinski definition) is 0. The van der Waals surface area contributed by atoms with Crippen molar-refractivity contribution in [3.05, 3.63) is 46.7 Å². The quantitative estimate of drug-likeness (QED) is 0.749. The Bertz CT molecular complexity index is 544. The lowest BCUT2D eigenvalue weighted by atomic mass is 10.1. The summed E-state index contributed by atoms with van der Waals surface area (Å²) in [5.74, 6) is 0.722. The van der Waals surface area contributed by atoms with Gasteiger partial charge < -0.3 is 4.42 Å². The smallest absolute Gasteiger partial charge is 0.287 e. The summed E-state index contributed by atoms with van der Waals surface area (Å²) in [7, 11) is 0. The Hall–Kier alpha value is -1.25. The van der Waals surface area contributed by atoms with Crippen molar-refractivity contribution in [3.63, 3.8) is 0 Å².